The Kier molecular flexibility index (Phi) is 6.96. The lowest BCUT2D eigenvalue weighted by atomic mass is 10.3. The molecule has 0 aliphatic heterocycles. The molecule has 0 aliphatic rings. The summed E-state index contributed by atoms with van der Waals surface area (Å²) in [7, 11) is 0. The fraction of sp³-hybridized carbons (Fsp3) is 1.00. The quantitative estimate of drug-likeness (QED) is 0.689. The number of hydrogen-bond donors (Lipinski definition) is 1. The van der Waals surface area contributed by atoms with Crippen molar-refractivity contribution in [3.8, 4) is 0 Å². The Hall–Kier alpha value is 0.310. The van der Waals surface area contributed by atoms with Gasteiger partial charge in [-0.25, -0.2) is 0 Å². The van der Waals surface area contributed by atoms with Gasteiger partial charge in [-0.3, -0.25) is 0 Å². The van der Waals surface area contributed by atoms with Crippen molar-refractivity contribution in [1.82, 2.24) is 5.32 Å². The zero-order valence-electron chi connectivity index (χ0n) is 9.05. The van der Waals surface area contributed by atoms with Crippen molar-refractivity contribution < 1.29 is 0 Å². The first-order valence-electron chi connectivity index (χ1n) is 4.95. The Bertz CT molecular complexity index is 104. The Balaban J connectivity index is 3.39. The van der Waals surface area contributed by atoms with Crippen molar-refractivity contribution in [1.29, 1.82) is 0 Å². The van der Waals surface area contributed by atoms with Crippen LogP contribution in [0.2, 0.25) is 0 Å². The summed E-state index contributed by atoms with van der Waals surface area (Å²) in [6, 6.07) is 0.616. The molecule has 0 aliphatic carbocycles. The molecule has 2 atom stereocenters. The summed E-state index contributed by atoms with van der Waals surface area (Å²) in [6.45, 7) is 12.4. The molecule has 0 aromatic rings. The molecular weight excluding hydrogens is 166 g/mol. The summed E-state index contributed by atoms with van der Waals surface area (Å²) < 4.78 is 0. The molecule has 0 aromatic carbocycles. The van der Waals surface area contributed by atoms with Crippen LogP contribution in [0, 0.1) is 0 Å². The fourth-order valence-corrected chi connectivity index (χ4v) is 2.12. The summed E-state index contributed by atoms with van der Waals surface area (Å²) in [6.07, 6.45) is 1.27. The third-order valence-corrected chi connectivity index (χ3v) is 3.28. The molecule has 0 aromatic heterocycles. The van der Waals surface area contributed by atoms with Crippen LogP contribution in [0.4, 0.5) is 0 Å². The summed E-state index contributed by atoms with van der Waals surface area (Å²) in [5.41, 5.74) is 0. The highest BCUT2D eigenvalue weighted by Crippen LogP contribution is 2.18. The van der Waals surface area contributed by atoms with Gasteiger partial charge in [0.25, 0.3) is 0 Å². The van der Waals surface area contributed by atoms with Crippen molar-refractivity contribution in [2.45, 2.75) is 57.6 Å². The third kappa shape index (κ3) is 6.99. The third-order valence-electron chi connectivity index (χ3n) is 1.85. The highest BCUT2D eigenvalue weighted by Gasteiger charge is 2.07. The molecule has 0 amide bonds. The van der Waals surface area contributed by atoms with Crippen LogP contribution in [-0.4, -0.2) is 23.1 Å². The van der Waals surface area contributed by atoms with Crippen molar-refractivity contribution >= 4 is 11.8 Å². The van der Waals surface area contributed by atoms with Gasteiger partial charge in [0.1, 0.15) is 0 Å². The molecular formula is C10H23NS. The minimum atomic E-state index is 0.616. The highest BCUT2D eigenvalue weighted by molar-refractivity contribution is 8.00. The van der Waals surface area contributed by atoms with Crippen LogP contribution in [0.3, 0.4) is 0 Å². The average molecular weight is 189 g/mol. The number of thioether (sulfide) groups is 1. The maximum Gasteiger partial charge on any atom is 0.0146 e. The topological polar surface area (TPSA) is 12.0 Å². The maximum atomic E-state index is 3.45. The second-order valence-corrected chi connectivity index (χ2v) is 5.61. The van der Waals surface area contributed by atoms with Gasteiger partial charge in [-0.15, -0.1) is 0 Å². The standard InChI is InChI=1S/C10H23NS/c1-6-9(4)12-10(5)7-11-8(2)3/h8-11H,6-7H2,1-5H3. The van der Waals surface area contributed by atoms with Gasteiger partial charge in [0.2, 0.25) is 0 Å². The normalized spacial score (nSPS) is 16.5. The molecule has 0 saturated carbocycles. The summed E-state index contributed by atoms with van der Waals surface area (Å²) in [5.74, 6) is 0. The molecule has 0 saturated heterocycles. The van der Waals surface area contributed by atoms with Gasteiger partial charge in [0, 0.05) is 23.1 Å². The molecule has 2 unspecified atom stereocenters. The van der Waals surface area contributed by atoms with Crippen LogP contribution in [0.5, 0.6) is 0 Å². The van der Waals surface area contributed by atoms with Gasteiger partial charge < -0.3 is 5.32 Å². The zero-order valence-corrected chi connectivity index (χ0v) is 9.87. The molecule has 74 valence electrons. The predicted molar refractivity (Wildman–Crippen MR) is 59.9 cm³/mol. The molecule has 0 spiro atoms. The van der Waals surface area contributed by atoms with Crippen LogP contribution in [-0.2, 0) is 0 Å². The Morgan fingerprint density at radius 2 is 1.67 bits per heavy atom. The Labute approximate surface area is 81.7 Å². The van der Waals surface area contributed by atoms with E-state index in [-0.39, 0.29) is 0 Å². The van der Waals surface area contributed by atoms with Gasteiger partial charge in [-0.05, 0) is 6.42 Å². The average Bonchev–Trinajstić information content (AvgIpc) is 2.00. The maximum absolute atomic E-state index is 3.45. The van der Waals surface area contributed by atoms with E-state index in [4.69, 9.17) is 0 Å². The summed E-state index contributed by atoms with van der Waals surface area (Å²) in [5, 5.41) is 4.99. The van der Waals surface area contributed by atoms with Crippen LogP contribution in [0.15, 0.2) is 0 Å². The second-order valence-electron chi connectivity index (χ2n) is 3.73. The summed E-state index contributed by atoms with van der Waals surface area (Å²) in [4.78, 5) is 0. The first-order chi connectivity index (χ1) is 5.56. The van der Waals surface area contributed by atoms with E-state index >= 15 is 0 Å². The largest absolute Gasteiger partial charge is 0.313 e. The zero-order chi connectivity index (χ0) is 9.56. The summed E-state index contributed by atoms with van der Waals surface area (Å²) >= 11 is 2.08. The van der Waals surface area contributed by atoms with E-state index in [0.717, 1.165) is 17.0 Å². The lowest BCUT2D eigenvalue weighted by molar-refractivity contribution is 0.588. The van der Waals surface area contributed by atoms with E-state index in [1.165, 1.54) is 6.42 Å². The number of nitrogens with one attached hydrogen (secondary N) is 1. The van der Waals surface area contributed by atoms with Gasteiger partial charge >= 0.3 is 0 Å². The van der Waals surface area contributed by atoms with E-state index < -0.39 is 0 Å². The van der Waals surface area contributed by atoms with Crippen LogP contribution in [0.1, 0.15) is 41.0 Å². The van der Waals surface area contributed by atoms with E-state index in [2.05, 4.69) is 51.7 Å². The first kappa shape index (κ1) is 12.3. The molecule has 0 bridgehead atoms. The lowest BCUT2D eigenvalue weighted by Crippen LogP contribution is -2.29. The Morgan fingerprint density at radius 1 is 1.08 bits per heavy atom. The molecule has 0 rings (SSSR count). The molecule has 1 nitrogen and oxygen atoms in total. The minimum absolute atomic E-state index is 0.616. The van der Waals surface area contributed by atoms with Gasteiger partial charge in [0.15, 0.2) is 0 Å². The first-order valence-corrected chi connectivity index (χ1v) is 5.89. The highest BCUT2D eigenvalue weighted by atomic mass is 32.2. The van der Waals surface area contributed by atoms with Gasteiger partial charge in [-0.2, -0.15) is 11.8 Å². The van der Waals surface area contributed by atoms with E-state index in [9.17, 15) is 0 Å². The van der Waals surface area contributed by atoms with Crippen molar-refractivity contribution in [3.63, 3.8) is 0 Å². The molecule has 1 N–H and O–H groups in total. The Morgan fingerprint density at radius 3 is 2.08 bits per heavy atom. The van der Waals surface area contributed by atoms with Crippen LogP contribution in [0.25, 0.3) is 0 Å². The molecule has 0 fully saturated rings. The number of hydrogen-bond acceptors (Lipinski definition) is 2. The van der Waals surface area contributed by atoms with Gasteiger partial charge in [-0.1, -0.05) is 34.6 Å². The van der Waals surface area contributed by atoms with Crippen molar-refractivity contribution in [2.24, 2.45) is 0 Å². The van der Waals surface area contributed by atoms with Crippen LogP contribution >= 0.6 is 11.8 Å². The van der Waals surface area contributed by atoms with E-state index in [1.807, 2.05) is 0 Å². The molecule has 0 radical (unpaired) electrons. The van der Waals surface area contributed by atoms with Crippen molar-refractivity contribution in [3.05, 3.63) is 0 Å². The monoisotopic (exact) mass is 189 g/mol. The smallest absolute Gasteiger partial charge is 0.0146 e. The molecule has 2 heteroatoms. The van der Waals surface area contributed by atoms with Crippen molar-refractivity contribution in [2.75, 3.05) is 6.54 Å². The van der Waals surface area contributed by atoms with Gasteiger partial charge in [0.05, 0.1) is 0 Å². The fourth-order valence-electron chi connectivity index (χ4n) is 0.943. The SMILES string of the molecule is CCC(C)SC(C)CNC(C)C. The van der Waals surface area contributed by atoms with Crippen LogP contribution < -0.4 is 5.32 Å². The lowest BCUT2D eigenvalue weighted by Gasteiger charge is -2.17. The second kappa shape index (κ2) is 6.79. The van der Waals surface area contributed by atoms with E-state index in [1.54, 1.807) is 0 Å². The molecule has 0 heterocycles. The molecule has 12 heavy (non-hydrogen) atoms. The number of rotatable bonds is 6. The minimum Gasteiger partial charge on any atom is -0.313 e. The predicted octanol–water partition coefficient (Wildman–Crippen LogP) is 2.90. The van der Waals surface area contributed by atoms with E-state index in [0.29, 0.717) is 6.04 Å².